The molecule has 1 atom stereocenters. The van der Waals surface area contributed by atoms with Gasteiger partial charge in [0.1, 0.15) is 5.78 Å². The Balaban J connectivity index is 1.92. The summed E-state index contributed by atoms with van der Waals surface area (Å²) in [6, 6.07) is 0.0571. The first-order chi connectivity index (χ1) is 7.48. The molecule has 0 aromatic rings. The minimum absolute atomic E-state index is 0.0571. The summed E-state index contributed by atoms with van der Waals surface area (Å²) < 4.78 is 24.1. The first-order valence-electron chi connectivity index (χ1n) is 5.70. The van der Waals surface area contributed by atoms with Gasteiger partial charge < -0.3 is 0 Å². The smallest absolute Gasteiger partial charge is 0.211 e. The van der Waals surface area contributed by atoms with Crippen LogP contribution in [0.25, 0.3) is 0 Å². The molecule has 1 aliphatic heterocycles. The number of carbonyl (C=O) groups is 1. The monoisotopic (exact) mass is 246 g/mol. The van der Waals surface area contributed by atoms with Crippen molar-refractivity contribution < 1.29 is 13.2 Å². The van der Waals surface area contributed by atoms with Gasteiger partial charge in [-0.2, -0.15) is 4.31 Å². The zero-order chi connectivity index (χ0) is 11.8. The van der Waals surface area contributed by atoms with Gasteiger partial charge >= 0.3 is 0 Å². The number of hydrogen-bond donors (Lipinski definition) is 0. The number of piperazine rings is 1. The van der Waals surface area contributed by atoms with Gasteiger partial charge in [-0.15, -0.1) is 0 Å². The lowest BCUT2D eigenvalue weighted by molar-refractivity contribution is -0.122. The summed E-state index contributed by atoms with van der Waals surface area (Å²) in [7, 11) is -3.06. The largest absolute Gasteiger partial charge is 0.298 e. The van der Waals surface area contributed by atoms with E-state index in [1.54, 1.807) is 0 Å². The van der Waals surface area contributed by atoms with Crippen LogP contribution in [0.3, 0.4) is 0 Å². The summed E-state index contributed by atoms with van der Waals surface area (Å²) in [5.74, 6) is 0.327. The molecule has 6 heteroatoms. The molecule has 0 radical (unpaired) electrons. The molecule has 1 unspecified atom stereocenters. The van der Waals surface area contributed by atoms with Gasteiger partial charge in [0.25, 0.3) is 0 Å². The van der Waals surface area contributed by atoms with Crippen LogP contribution in [0.1, 0.15) is 19.3 Å². The zero-order valence-corrected chi connectivity index (χ0v) is 10.4. The highest BCUT2D eigenvalue weighted by Gasteiger charge is 2.33. The van der Waals surface area contributed by atoms with Gasteiger partial charge in [0.05, 0.1) is 12.3 Å². The summed E-state index contributed by atoms with van der Waals surface area (Å²) >= 11 is 0. The van der Waals surface area contributed by atoms with Crippen LogP contribution in [-0.2, 0) is 14.8 Å². The Kier molecular flexibility index (Phi) is 3.32. The number of Topliss-reactive ketones (excluding diaryl/α,β-unsaturated/α-hetero) is 1. The zero-order valence-electron chi connectivity index (χ0n) is 9.55. The predicted octanol–water partition coefficient (Wildman–Crippen LogP) is -0.315. The lowest BCUT2D eigenvalue weighted by atomic mass is 10.2. The summed E-state index contributed by atoms with van der Waals surface area (Å²) in [5, 5.41) is 0. The maximum absolute atomic E-state index is 11.6. The van der Waals surface area contributed by atoms with E-state index in [9.17, 15) is 13.2 Å². The van der Waals surface area contributed by atoms with Crippen molar-refractivity contribution in [2.45, 2.75) is 25.3 Å². The second kappa shape index (κ2) is 4.43. The Morgan fingerprint density at radius 1 is 1.19 bits per heavy atom. The number of rotatable bonds is 2. The van der Waals surface area contributed by atoms with E-state index < -0.39 is 10.0 Å². The van der Waals surface area contributed by atoms with Crippen molar-refractivity contribution in [3.63, 3.8) is 0 Å². The summed E-state index contributed by atoms with van der Waals surface area (Å²) in [6.45, 7) is 2.40. The van der Waals surface area contributed by atoms with E-state index in [4.69, 9.17) is 0 Å². The average molecular weight is 246 g/mol. The number of hydrogen-bond acceptors (Lipinski definition) is 4. The quantitative estimate of drug-likeness (QED) is 0.670. The van der Waals surface area contributed by atoms with Crippen LogP contribution in [-0.4, -0.2) is 61.9 Å². The van der Waals surface area contributed by atoms with Crippen molar-refractivity contribution in [3.05, 3.63) is 0 Å². The fourth-order valence-electron chi connectivity index (χ4n) is 2.53. The van der Waals surface area contributed by atoms with Crippen molar-refractivity contribution in [2.75, 3.05) is 32.4 Å². The van der Waals surface area contributed by atoms with Crippen molar-refractivity contribution in [3.8, 4) is 0 Å². The third kappa shape index (κ3) is 2.44. The van der Waals surface area contributed by atoms with E-state index in [1.165, 1.54) is 10.6 Å². The molecule has 0 bridgehead atoms. The van der Waals surface area contributed by atoms with E-state index in [2.05, 4.69) is 4.90 Å². The van der Waals surface area contributed by atoms with Gasteiger partial charge in [0.2, 0.25) is 10.0 Å². The number of sulfonamides is 1. The molecule has 1 saturated heterocycles. The highest BCUT2D eigenvalue weighted by Crippen LogP contribution is 2.21. The standard InChI is InChI=1S/C10H18N2O3S/c1-16(14,15)12-7-5-11(6-8-12)9-3-2-4-10(9)13/h9H,2-8H2,1H3. The maximum Gasteiger partial charge on any atom is 0.211 e. The SMILES string of the molecule is CS(=O)(=O)N1CCN(C2CCCC2=O)CC1. The molecule has 2 rings (SSSR count). The third-order valence-electron chi connectivity index (χ3n) is 3.46. The van der Waals surface area contributed by atoms with Crippen LogP contribution in [0.5, 0.6) is 0 Å². The van der Waals surface area contributed by atoms with E-state index in [0.29, 0.717) is 38.4 Å². The molecule has 1 aliphatic carbocycles. The highest BCUT2D eigenvalue weighted by atomic mass is 32.2. The topological polar surface area (TPSA) is 57.7 Å². The van der Waals surface area contributed by atoms with Crippen molar-refractivity contribution in [1.82, 2.24) is 9.21 Å². The molecule has 0 amide bonds. The molecule has 92 valence electrons. The molecule has 5 nitrogen and oxygen atoms in total. The van der Waals surface area contributed by atoms with Gasteiger partial charge in [0, 0.05) is 32.6 Å². The van der Waals surface area contributed by atoms with Crippen LogP contribution in [0.2, 0.25) is 0 Å². The van der Waals surface area contributed by atoms with Crippen LogP contribution in [0, 0.1) is 0 Å². The molecule has 0 spiro atoms. The number of nitrogens with zero attached hydrogens (tertiary/aromatic N) is 2. The molecule has 1 saturated carbocycles. The van der Waals surface area contributed by atoms with Crippen LogP contribution < -0.4 is 0 Å². The van der Waals surface area contributed by atoms with E-state index in [0.717, 1.165) is 12.8 Å². The van der Waals surface area contributed by atoms with E-state index in [1.807, 2.05) is 0 Å². The molecular formula is C10H18N2O3S. The minimum Gasteiger partial charge on any atom is -0.298 e. The average Bonchev–Trinajstić information content (AvgIpc) is 2.63. The van der Waals surface area contributed by atoms with E-state index in [-0.39, 0.29) is 6.04 Å². The number of carbonyl (C=O) groups excluding carboxylic acids is 1. The van der Waals surface area contributed by atoms with Crippen molar-refractivity contribution in [2.24, 2.45) is 0 Å². The molecule has 0 aromatic heterocycles. The summed E-state index contributed by atoms with van der Waals surface area (Å²) in [5.41, 5.74) is 0. The highest BCUT2D eigenvalue weighted by molar-refractivity contribution is 7.88. The fraction of sp³-hybridized carbons (Fsp3) is 0.900. The molecule has 16 heavy (non-hydrogen) atoms. The Labute approximate surface area is 96.5 Å². The summed E-state index contributed by atoms with van der Waals surface area (Å²) in [6.07, 6.45) is 3.85. The van der Waals surface area contributed by atoms with Gasteiger partial charge in [-0.05, 0) is 12.8 Å². The van der Waals surface area contributed by atoms with Crippen molar-refractivity contribution in [1.29, 1.82) is 0 Å². The second-order valence-electron chi connectivity index (χ2n) is 4.57. The normalized spacial score (nSPS) is 29.8. The molecular weight excluding hydrogens is 228 g/mol. The predicted molar refractivity (Wildman–Crippen MR) is 60.6 cm³/mol. The maximum atomic E-state index is 11.6. The summed E-state index contributed by atoms with van der Waals surface area (Å²) in [4.78, 5) is 13.7. The Hall–Kier alpha value is -0.460. The minimum atomic E-state index is -3.06. The Bertz CT molecular complexity index is 372. The lowest BCUT2D eigenvalue weighted by Crippen LogP contribution is -2.52. The fourth-order valence-corrected chi connectivity index (χ4v) is 3.36. The lowest BCUT2D eigenvalue weighted by Gasteiger charge is -2.36. The van der Waals surface area contributed by atoms with Crippen LogP contribution in [0.4, 0.5) is 0 Å². The Morgan fingerprint density at radius 3 is 2.25 bits per heavy atom. The second-order valence-corrected chi connectivity index (χ2v) is 6.55. The molecule has 0 N–H and O–H groups in total. The third-order valence-corrected chi connectivity index (χ3v) is 4.76. The first-order valence-corrected chi connectivity index (χ1v) is 7.55. The van der Waals surface area contributed by atoms with Crippen molar-refractivity contribution >= 4 is 15.8 Å². The first kappa shape index (κ1) is 12.0. The molecule has 0 aromatic carbocycles. The number of ketones is 1. The van der Waals surface area contributed by atoms with Crippen LogP contribution >= 0.6 is 0 Å². The van der Waals surface area contributed by atoms with Gasteiger partial charge in [-0.1, -0.05) is 0 Å². The molecule has 2 fully saturated rings. The Morgan fingerprint density at radius 2 is 1.81 bits per heavy atom. The van der Waals surface area contributed by atoms with Gasteiger partial charge in [-0.25, -0.2) is 8.42 Å². The van der Waals surface area contributed by atoms with Crippen LogP contribution in [0.15, 0.2) is 0 Å². The van der Waals surface area contributed by atoms with Gasteiger partial charge in [0.15, 0.2) is 0 Å². The molecule has 1 heterocycles. The van der Waals surface area contributed by atoms with Gasteiger partial charge in [-0.3, -0.25) is 9.69 Å². The van der Waals surface area contributed by atoms with E-state index >= 15 is 0 Å². The molecule has 2 aliphatic rings.